The number of carbonyl (C=O) groups excluding carboxylic acids is 2. The summed E-state index contributed by atoms with van der Waals surface area (Å²) >= 11 is 0. The van der Waals surface area contributed by atoms with Crippen LogP contribution >= 0.6 is 0 Å². The average molecular weight is 475 g/mol. The van der Waals surface area contributed by atoms with Crippen LogP contribution in [0.4, 0.5) is 4.39 Å². The Bertz CT molecular complexity index is 1230. The lowest BCUT2D eigenvalue weighted by Gasteiger charge is -2.38. The summed E-state index contributed by atoms with van der Waals surface area (Å²) in [5.41, 5.74) is 2.30. The summed E-state index contributed by atoms with van der Waals surface area (Å²) in [5.74, 6) is 0.855. The van der Waals surface area contributed by atoms with Gasteiger partial charge in [-0.2, -0.15) is 0 Å². The van der Waals surface area contributed by atoms with Gasteiger partial charge in [0.25, 0.3) is 5.91 Å². The average Bonchev–Trinajstić information content (AvgIpc) is 3.37. The smallest absolute Gasteiger partial charge is 0.254 e. The second-order valence-corrected chi connectivity index (χ2v) is 9.94. The lowest BCUT2D eigenvalue weighted by atomic mass is 9.75. The van der Waals surface area contributed by atoms with Crippen LogP contribution < -0.4 is 0 Å². The maximum absolute atomic E-state index is 13.5. The molecule has 0 bridgehead atoms. The molecule has 7 heteroatoms. The number of aromatic nitrogens is 2. The van der Waals surface area contributed by atoms with E-state index in [0.717, 1.165) is 23.4 Å². The Morgan fingerprint density at radius 1 is 1.11 bits per heavy atom. The van der Waals surface area contributed by atoms with E-state index >= 15 is 0 Å². The second kappa shape index (κ2) is 9.29. The highest BCUT2D eigenvalue weighted by molar-refractivity contribution is 5.96. The van der Waals surface area contributed by atoms with Gasteiger partial charge in [0, 0.05) is 50.7 Å². The molecule has 2 amide bonds. The van der Waals surface area contributed by atoms with Crippen LogP contribution in [0.3, 0.4) is 0 Å². The molecule has 0 N–H and O–H groups in total. The molecule has 0 unspecified atom stereocenters. The van der Waals surface area contributed by atoms with Crippen LogP contribution in [-0.2, 0) is 17.8 Å². The molecule has 0 radical (unpaired) electrons. The number of hydrogen-bond acceptors (Lipinski definition) is 3. The summed E-state index contributed by atoms with van der Waals surface area (Å²) in [5, 5.41) is 0. The largest absolute Gasteiger partial charge is 0.342 e. The Morgan fingerprint density at radius 3 is 2.51 bits per heavy atom. The first-order valence-electron chi connectivity index (χ1n) is 12.2. The third-order valence-electron chi connectivity index (χ3n) is 7.85. The molecule has 2 aliphatic rings. The molecule has 2 saturated heterocycles. The Kier molecular flexibility index (Phi) is 6.17. The molecular weight excluding hydrogens is 443 g/mol. The predicted molar refractivity (Wildman–Crippen MR) is 131 cm³/mol. The summed E-state index contributed by atoms with van der Waals surface area (Å²) in [6, 6.07) is 14.4. The van der Waals surface area contributed by atoms with Gasteiger partial charge in [-0.3, -0.25) is 9.59 Å². The summed E-state index contributed by atoms with van der Waals surface area (Å²) < 4.78 is 15.3. The number of rotatable bonds is 5. The van der Waals surface area contributed by atoms with Crippen molar-refractivity contribution in [3.63, 3.8) is 0 Å². The van der Waals surface area contributed by atoms with Crippen molar-refractivity contribution in [3.05, 3.63) is 89.3 Å². The van der Waals surface area contributed by atoms with Crippen molar-refractivity contribution in [3.8, 4) is 0 Å². The minimum atomic E-state index is -0.413. The first kappa shape index (κ1) is 23.3. The van der Waals surface area contributed by atoms with Gasteiger partial charge in [0.15, 0.2) is 0 Å². The number of carbonyl (C=O) groups is 2. The van der Waals surface area contributed by atoms with Gasteiger partial charge in [0.1, 0.15) is 11.6 Å². The molecule has 35 heavy (non-hydrogen) atoms. The number of nitrogens with zero attached hydrogens (tertiary/aromatic N) is 4. The number of likely N-dealkylation sites (N-methyl/N-ethyl adjacent to an activating group) is 1. The number of aryl methyl sites for hydroxylation is 1. The molecule has 0 saturated carbocycles. The van der Waals surface area contributed by atoms with E-state index in [1.54, 1.807) is 18.3 Å². The Hall–Kier alpha value is -3.48. The molecular formula is C28H31FN4O2. The topological polar surface area (TPSA) is 58.4 Å². The highest BCUT2D eigenvalue weighted by Crippen LogP contribution is 2.45. The standard InChI is InChI=1S/C28H31FN4O2/c1-20-30-13-16-33(20)19-22-5-3-4-6-25(22)26(34)32-14-11-28(12-15-32)18-24(31(2)27(28)35)17-21-7-9-23(29)10-8-21/h3-10,13,16,24H,11-12,14-15,17-19H2,1-2H3/t24-/m1/s1. The maximum atomic E-state index is 13.5. The van der Waals surface area contributed by atoms with Crippen LogP contribution in [0.15, 0.2) is 60.9 Å². The van der Waals surface area contributed by atoms with E-state index in [1.165, 1.54) is 12.1 Å². The number of amides is 2. The van der Waals surface area contributed by atoms with Crippen molar-refractivity contribution in [1.29, 1.82) is 0 Å². The fraction of sp³-hybridized carbons (Fsp3) is 0.393. The zero-order chi connectivity index (χ0) is 24.6. The monoisotopic (exact) mass is 474 g/mol. The van der Waals surface area contributed by atoms with Gasteiger partial charge in [0.2, 0.25) is 5.91 Å². The molecule has 3 aromatic rings. The van der Waals surface area contributed by atoms with Gasteiger partial charge in [-0.1, -0.05) is 30.3 Å². The van der Waals surface area contributed by atoms with Crippen molar-refractivity contribution in [1.82, 2.24) is 19.4 Å². The van der Waals surface area contributed by atoms with Gasteiger partial charge in [-0.15, -0.1) is 0 Å². The fourth-order valence-electron chi connectivity index (χ4n) is 5.66. The third-order valence-corrected chi connectivity index (χ3v) is 7.85. The number of likely N-dealkylation sites (tertiary alicyclic amines) is 2. The zero-order valence-electron chi connectivity index (χ0n) is 20.3. The first-order chi connectivity index (χ1) is 16.9. The van der Waals surface area contributed by atoms with Crippen molar-refractivity contribution in [2.75, 3.05) is 20.1 Å². The van der Waals surface area contributed by atoms with Crippen molar-refractivity contribution < 1.29 is 14.0 Å². The van der Waals surface area contributed by atoms with Gasteiger partial charge in [-0.25, -0.2) is 9.37 Å². The molecule has 2 aliphatic heterocycles. The molecule has 2 aromatic carbocycles. The van der Waals surface area contributed by atoms with Crippen LogP contribution in [-0.4, -0.2) is 57.3 Å². The van der Waals surface area contributed by atoms with Crippen LogP contribution in [0, 0.1) is 18.2 Å². The maximum Gasteiger partial charge on any atom is 0.254 e. The molecule has 6 nitrogen and oxygen atoms in total. The van der Waals surface area contributed by atoms with Gasteiger partial charge < -0.3 is 14.4 Å². The highest BCUT2D eigenvalue weighted by atomic mass is 19.1. The van der Waals surface area contributed by atoms with Crippen LogP contribution in [0.1, 0.15) is 46.6 Å². The molecule has 0 aliphatic carbocycles. The van der Waals surface area contributed by atoms with Gasteiger partial charge in [0.05, 0.1) is 5.41 Å². The lowest BCUT2D eigenvalue weighted by Crippen LogP contribution is -2.46. The predicted octanol–water partition coefficient (Wildman–Crippen LogP) is 4.07. The fourth-order valence-corrected chi connectivity index (χ4v) is 5.66. The second-order valence-electron chi connectivity index (χ2n) is 9.94. The molecule has 1 aromatic heterocycles. The van der Waals surface area contributed by atoms with E-state index in [0.29, 0.717) is 44.5 Å². The minimum absolute atomic E-state index is 0.0230. The molecule has 1 atom stereocenters. The summed E-state index contributed by atoms with van der Waals surface area (Å²) in [7, 11) is 1.87. The summed E-state index contributed by atoms with van der Waals surface area (Å²) in [6.07, 6.45) is 6.52. The van der Waals surface area contributed by atoms with Crippen LogP contribution in [0.2, 0.25) is 0 Å². The van der Waals surface area contributed by atoms with E-state index in [2.05, 4.69) is 4.98 Å². The number of benzene rings is 2. The summed E-state index contributed by atoms with van der Waals surface area (Å²) in [4.78, 5) is 34.8. The normalized spacial score (nSPS) is 19.5. The molecule has 182 valence electrons. The Balaban J connectivity index is 1.26. The van der Waals surface area contributed by atoms with Gasteiger partial charge in [-0.05, 0) is 61.9 Å². The minimum Gasteiger partial charge on any atom is -0.342 e. The van der Waals surface area contributed by atoms with E-state index in [-0.39, 0.29) is 23.7 Å². The van der Waals surface area contributed by atoms with E-state index in [1.807, 2.05) is 58.8 Å². The highest BCUT2D eigenvalue weighted by Gasteiger charge is 2.51. The molecule has 3 heterocycles. The number of halogens is 1. The SMILES string of the molecule is Cc1nccn1Cc1ccccc1C(=O)N1CCC2(CC1)C[C@@H](Cc1ccc(F)cc1)N(C)C2=O. The van der Waals surface area contributed by atoms with E-state index < -0.39 is 5.41 Å². The number of imidazole rings is 1. The Morgan fingerprint density at radius 2 is 1.83 bits per heavy atom. The van der Waals surface area contributed by atoms with Crippen LogP contribution in [0.5, 0.6) is 0 Å². The van der Waals surface area contributed by atoms with E-state index in [9.17, 15) is 14.0 Å². The number of hydrogen-bond donors (Lipinski definition) is 0. The molecule has 2 fully saturated rings. The lowest BCUT2D eigenvalue weighted by molar-refractivity contribution is -0.137. The third kappa shape index (κ3) is 4.47. The molecule has 5 rings (SSSR count). The van der Waals surface area contributed by atoms with Crippen molar-refractivity contribution >= 4 is 11.8 Å². The quantitative estimate of drug-likeness (QED) is 0.560. The van der Waals surface area contributed by atoms with Crippen molar-refractivity contribution in [2.45, 2.75) is 45.2 Å². The van der Waals surface area contributed by atoms with Crippen LogP contribution in [0.25, 0.3) is 0 Å². The Labute approximate surface area is 205 Å². The van der Waals surface area contributed by atoms with Crippen molar-refractivity contribution in [2.24, 2.45) is 5.41 Å². The van der Waals surface area contributed by atoms with Gasteiger partial charge >= 0.3 is 0 Å². The van der Waals surface area contributed by atoms with E-state index in [4.69, 9.17) is 0 Å². The zero-order valence-corrected chi connectivity index (χ0v) is 20.3. The first-order valence-corrected chi connectivity index (χ1v) is 12.2. The summed E-state index contributed by atoms with van der Waals surface area (Å²) in [6.45, 7) is 3.69. The molecule has 1 spiro atoms. The number of piperidine rings is 1.